The van der Waals surface area contributed by atoms with Crippen molar-refractivity contribution in [2.45, 2.75) is 12.8 Å². The highest BCUT2D eigenvalue weighted by atomic mass is 19.3. The topological polar surface area (TPSA) is 51.0 Å². The zero-order valence-electron chi connectivity index (χ0n) is 12.2. The molecule has 0 spiro atoms. The molecule has 0 atom stereocenters. The van der Waals surface area contributed by atoms with E-state index in [1.54, 1.807) is 13.0 Å². The van der Waals surface area contributed by atoms with Gasteiger partial charge in [0.1, 0.15) is 12.1 Å². The number of benzene rings is 1. The van der Waals surface area contributed by atoms with Crippen molar-refractivity contribution in [3.63, 3.8) is 0 Å². The van der Waals surface area contributed by atoms with Crippen molar-refractivity contribution < 1.29 is 18.0 Å². The molecule has 0 unspecified atom stereocenters. The van der Waals surface area contributed by atoms with Crippen molar-refractivity contribution in [3.05, 3.63) is 42.0 Å². The summed E-state index contributed by atoms with van der Waals surface area (Å²) in [5.74, 6) is -3.39. The fourth-order valence-electron chi connectivity index (χ4n) is 2.26. The average molecular weight is 322 g/mol. The van der Waals surface area contributed by atoms with Crippen LogP contribution in [0.5, 0.6) is 0 Å². The minimum Gasteiger partial charge on any atom is -0.327 e. The maximum absolute atomic E-state index is 13.4. The Hall–Kier alpha value is -2.64. The van der Waals surface area contributed by atoms with Gasteiger partial charge in [-0.3, -0.25) is 4.79 Å². The van der Waals surface area contributed by atoms with E-state index in [-0.39, 0.29) is 5.82 Å². The predicted molar refractivity (Wildman–Crippen MR) is 77.0 cm³/mol. The van der Waals surface area contributed by atoms with E-state index in [4.69, 9.17) is 0 Å². The van der Waals surface area contributed by atoms with Gasteiger partial charge >= 0.3 is 0 Å². The molecule has 0 saturated carbocycles. The Kier molecular flexibility index (Phi) is 3.67. The summed E-state index contributed by atoms with van der Waals surface area (Å²) in [4.78, 5) is 16.7. The maximum atomic E-state index is 13.4. The third kappa shape index (κ3) is 3.41. The smallest absolute Gasteiger partial charge is 0.282 e. The molecule has 3 rings (SSSR count). The lowest BCUT2D eigenvalue weighted by Crippen LogP contribution is -2.58. The molecule has 5 nitrogen and oxygen atoms in total. The fraction of sp³-hybridized carbons (Fsp3) is 0.267. The number of hydrogen-bond donors (Lipinski definition) is 0. The van der Waals surface area contributed by atoms with E-state index in [0.717, 1.165) is 16.5 Å². The predicted octanol–water partition coefficient (Wildman–Crippen LogP) is 2.34. The molecule has 1 saturated heterocycles. The van der Waals surface area contributed by atoms with Gasteiger partial charge in [-0.15, -0.1) is 5.10 Å². The Bertz CT molecular complexity index is 757. The number of carbonyl (C=O) groups is 1. The van der Waals surface area contributed by atoms with Crippen molar-refractivity contribution in [2.75, 3.05) is 13.1 Å². The summed E-state index contributed by atoms with van der Waals surface area (Å²) in [6, 6.07) is 4.44. The van der Waals surface area contributed by atoms with Gasteiger partial charge in [0.2, 0.25) is 5.91 Å². The van der Waals surface area contributed by atoms with Gasteiger partial charge < -0.3 is 4.90 Å². The Morgan fingerprint density at radius 3 is 2.70 bits per heavy atom. The molecule has 1 aliphatic heterocycles. The monoisotopic (exact) mass is 322 g/mol. The van der Waals surface area contributed by atoms with Crippen LogP contribution < -0.4 is 0 Å². The molecule has 8 heteroatoms. The number of rotatable bonds is 3. The number of carbonyl (C=O) groups excluding carboxylic acids is 1. The molecule has 2 heterocycles. The van der Waals surface area contributed by atoms with Crippen LogP contribution >= 0.6 is 0 Å². The maximum Gasteiger partial charge on any atom is 0.282 e. The van der Waals surface area contributed by atoms with Crippen LogP contribution in [-0.2, 0) is 4.79 Å². The number of hydrogen-bond acceptors (Lipinski definition) is 3. The van der Waals surface area contributed by atoms with E-state index in [9.17, 15) is 18.0 Å². The van der Waals surface area contributed by atoms with Crippen molar-refractivity contribution >= 4 is 12.1 Å². The molecule has 1 amide bonds. The Morgan fingerprint density at radius 2 is 2.04 bits per heavy atom. The van der Waals surface area contributed by atoms with Crippen LogP contribution in [0.2, 0.25) is 0 Å². The third-order valence-electron chi connectivity index (χ3n) is 3.33. The van der Waals surface area contributed by atoms with Crippen LogP contribution in [-0.4, -0.2) is 44.6 Å². The average Bonchev–Trinajstić information content (AvgIpc) is 2.90. The highest BCUT2D eigenvalue weighted by Gasteiger charge is 2.45. The molecule has 0 N–H and O–H groups in total. The van der Waals surface area contributed by atoms with Gasteiger partial charge in [-0.2, -0.15) is 0 Å². The second kappa shape index (κ2) is 5.53. The Labute approximate surface area is 130 Å². The van der Waals surface area contributed by atoms with E-state index < -0.39 is 24.9 Å². The molecule has 1 aromatic carbocycles. The lowest BCUT2D eigenvalue weighted by Gasteiger charge is -2.37. The molecule has 120 valence electrons. The van der Waals surface area contributed by atoms with Gasteiger partial charge in [0.15, 0.2) is 5.82 Å². The van der Waals surface area contributed by atoms with Crippen LogP contribution in [0.15, 0.2) is 30.6 Å². The minimum absolute atomic E-state index is 0.306. The summed E-state index contributed by atoms with van der Waals surface area (Å²) in [5, 5.41) is 4.10. The lowest BCUT2D eigenvalue weighted by molar-refractivity contribution is -0.160. The van der Waals surface area contributed by atoms with Gasteiger partial charge in [-0.1, -0.05) is 0 Å². The van der Waals surface area contributed by atoms with E-state index in [0.29, 0.717) is 11.4 Å². The summed E-state index contributed by atoms with van der Waals surface area (Å²) in [6.45, 7) is 0.619. The first-order valence-corrected chi connectivity index (χ1v) is 6.86. The lowest BCUT2D eigenvalue weighted by atomic mass is 10.1. The van der Waals surface area contributed by atoms with Crippen molar-refractivity contribution in [1.82, 2.24) is 19.7 Å². The normalized spacial score (nSPS) is 16.6. The van der Waals surface area contributed by atoms with Crippen LogP contribution in [0.4, 0.5) is 13.2 Å². The summed E-state index contributed by atoms with van der Waals surface area (Å²) in [6.07, 6.45) is 3.82. The Morgan fingerprint density at radius 1 is 1.30 bits per heavy atom. The standard InChI is InChI=1S/C15H13F3N4O/c1-10-4-11(6-12(16)5-10)14-19-9-22(20-14)3-2-13(23)21-7-15(17,18)8-21/h2-6,9H,7-8H2,1H3/b3-2-. The van der Waals surface area contributed by atoms with Gasteiger partial charge in [-0.25, -0.2) is 22.8 Å². The summed E-state index contributed by atoms with van der Waals surface area (Å²) >= 11 is 0. The second-order valence-electron chi connectivity index (χ2n) is 5.43. The van der Waals surface area contributed by atoms with Gasteiger partial charge in [-0.05, 0) is 30.7 Å². The largest absolute Gasteiger partial charge is 0.327 e. The third-order valence-corrected chi connectivity index (χ3v) is 3.33. The van der Waals surface area contributed by atoms with Crippen LogP contribution in [0, 0.1) is 12.7 Å². The number of halogens is 3. The molecule has 1 fully saturated rings. The summed E-state index contributed by atoms with van der Waals surface area (Å²) in [7, 11) is 0. The van der Waals surface area contributed by atoms with Crippen molar-refractivity contribution in [1.29, 1.82) is 0 Å². The van der Waals surface area contributed by atoms with Crippen LogP contribution in [0.1, 0.15) is 5.56 Å². The Balaban J connectivity index is 1.70. The van der Waals surface area contributed by atoms with Crippen molar-refractivity contribution in [3.8, 4) is 11.4 Å². The van der Waals surface area contributed by atoms with Crippen LogP contribution in [0.25, 0.3) is 17.6 Å². The molecule has 23 heavy (non-hydrogen) atoms. The van der Waals surface area contributed by atoms with E-state index in [1.807, 2.05) is 0 Å². The zero-order valence-corrected chi connectivity index (χ0v) is 12.2. The first-order valence-electron chi connectivity index (χ1n) is 6.86. The number of alkyl halides is 2. The highest BCUT2D eigenvalue weighted by Crippen LogP contribution is 2.26. The first kappa shape index (κ1) is 15.3. The van der Waals surface area contributed by atoms with Gasteiger partial charge in [0.05, 0.1) is 13.1 Å². The number of likely N-dealkylation sites (tertiary alicyclic amines) is 1. The van der Waals surface area contributed by atoms with Crippen LogP contribution in [0.3, 0.4) is 0 Å². The van der Waals surface area contributed by atoms with E-state index in [2.05, 4.69) is 10.1 Å². The molecule has 0 radical (unpaired) electrons. The highest BCUT2D eigenvalue weighted by molar-refractivity contribution is 5.90. The minimum atomic E-state index is -2.79. The van der Waals surface area contributed by atoms with Gasteiger partial charge in [0, 0.05) is 17.8 Å². The molecular formula is C15H13F3N4O. The molecule has 2 aromatic rings. The van der Waals surface area contributed by atoms with E-state index >= 15 is 0 Å². The van der Waals surface area contributed by atoms with Gasteiger partial charge in [0.25, 0.3) is 5.92 Å². The molecule has 0 aliphatic carbocycles. The molecule has 1 aromatic heterocycles. The number of nitrogens with zero attached hydrogens (tertiary/aromatic N) is 4. The summed E-state index contributed by atoms with van der Waals surface area (Å²) in [5.41, 5.74) is 1.25. The molecular weight excluding hydrogens is 309 g/mol. The molecule has 1 aliphatic rings. The summed E-state index contributed by atoms with van der Waals surface area (Å²) < 4.78 is 40.0. The quantitative estimate of drug-likeness (QED) is 0.815. The number of aromatic nitrogens is 3. The second-order valence-corrected chi connectivity index (χ2v) is 5.43. The van der Waals surface area contributed by atoms with E-state index in [1.165, 1.54) is 29.3 Å². The first-order chi connectivity index (χ1) is 10.8. The fourth-order valence-corrected chi connectivity index (χ4v) is 2.26. The molecule has 0 bridgehead atoms. The van der Waals surface area contributed by atoms with Crippen molar-refractivity contribution in [2.24, 2.45) is 0 Å². The number of amides is 1. The SMILES string of the molecule is Cc1cc(F)cc(-c2ncn(/C=C\C(=O)N3CC(F)(F)C3)n2)c1. The number of aryl methyl sites for hydroxylation is 1. The zero-order chi connectivity index (χ0) is 16.6.